The second-order valence-corrected chi connectivity index (χ2v) is 3.57. The van der Waals surface area contributed by atoms with E-state index in [1.807, 2.05) is 18.2 Å². The van der Waals surface area contributed by atoms with E-state index in [1.165, 1.54) is 6.08 Å². The highest BCUT2D eigenvalue weighted by atomic mass is 16.5. The Bertz CT molecular complexity index is 472. The van der Waals surface area contributed by atoms with Crippen molar-refractivity contribution in [1.82, 2.24) is 0 Å². The molecule has 1 aromatic rings. The van der Waals surface area contributed by atoms with Gasteiger partial charge < -0.3 is 4.74 Å². The van der Waals surface area contributed by atoms with Crippen LogP contribution in [0.2, 0.25) is 0 Å². The zero-order valence-corrected chi connectivity index (χ0v) is 9.03. The molecule has 0 saturated carbocycles. The van der Waals surface area contributed by atoms with E-state index in [2.05, 4.69) is 0 Å². The first-order valence-corrected chi connectivity index (χ1v) is 5.22. The van der Waals surface area contributed by atoms with Crippen molar-refractivity contribution in [3.63, 3.8) is 0 Å². The van der Waals surface area contributed by atoms with Gasteiger partial charge in [-0.05, 0) is 18.1 Å². The van der Waals surface area contributed by atoms with Crippen molar-refractivity contribution in [1.29, 1.82) is 0 Å². The van der Waals surface area contributed by atoms with E-state index < -0.39 is 0 Å². The Morgan fingerprint density at radius 1 is 1.38 bits per heavy atom. The SMILES string of the molecule is CCOC(=O)/C=C1/CC(=O)c2ccccc21. The number of rotatable bonds is 2. The molecule has 3 heteroatoms. The van der Waals surface area contributed by atoms with Gasteiger partial charge in [0.15, 0.2) is 5.78 Å². The van der Waals surface area contributed by atoms with E-state index >= 15 is 0 Å². The zero-order valence-electron chi connectivity index (χ0n) is 9.03. The van der Waals surface area contributed by atoms with Crippen LogP contribution in [0.5, 0.6) is 0 Å². The van der Waals surface area contributed by atoms with Gasteiger partial charge in [-0.25, -0.2) is 4.79 Å². The number of ether oxygens (including phenoxy) is 1. The number of esters is 1. The molecule has 0 saturated heterocycles. The molecule has 0 atom stereocenters. The van der Waals surface area contributed by atoms with Gasteiger partial charge in [-0.3, -0.25) is 4.79 Å². The molecule has 16 heavy (non-hydrogen) atoms. The van der Waals surface area contributed by atoms with Gasteiger partial charge in [-0.15, -0.1) is 0 Å². The molecule has 1 aliphatic carbocycles. The third-order valence-electron chi connectivity index (χ3n) is 2.50. The monoisotopic (exact) mass is 216 g/mol. The summed E-state index contributed by atoms with van der Waals surface area (Å²) >= 11 is 0. The predicted molar refractivity (Wildman–Crippen MR) is 60.0 cm³/mol. The van der Waals surface area contributed by atoms with Crippen LogP contribution < -0.4 is 0 Å². The Kier molecular flexibility index (Phi) is 2.86. The van der Waals surface area contributed by atoms with Gasteiger partial charge in [0.25, 0.3) is 0 Å². The molecule has 0 radical (unpaired) electrons. The smallest absolute Gasteiger partial charge is 0.331 e. The molecular weight excluding hydrogens is 204 g/mol. The van der Waals surface area contributed by atoms with Crippen molar-refractivity contribution >= 4 is 17.3 Å². The van der Waals surface area contributed by atoms with Crippen LogP contribution in [0.1, 0.15) is 29.3 Å². The highest BCUT2D eigenvalue weighted by Crippen LogP contribution is 2.31. The van der Waals surface area contributed by atoms with Crippen molar-refractivity contribution in [3.05, 3.63) is 41.5 Å². The summed E-state index contributed by atoms with van der Waals surface area (Å²) in [6, 6.07) is 7.31. The van der Waals surface area contributed by atoms with Gasteiger partial charge in [0.2, 0.25) is 0 Å². The molecule has 1 aliphatic rings. The lowest BCUT2D eigenvalue weighted by molar-refractivity contribution is -0.137. The lowest BCUT2D eigenvalue weighted by atomic mass is 10.1. The average Bonchev–Trinajstić information content (AvgIpc) is 2.57. The Morgan fingerprint density at radius 2 is 2.06 bits per heavy atom. The fourth-order valence-corrected chi connectivity index (χ4v) is 1.82. The first kappa shape index (κ1) is 10.6. The van der Waals surface area contributed by atoms with Crippen molar-refractivity contribution in [2.24, 2.45) is 0 Å². The topological polar surface area (TPSA) is 43.4 Å². The van der Waals surface area contributed by atoms with Crippen LogP contribution in [0.3, 0.4) is 0 Å². The van der Waals surface area contributed by atoms with Gasteiger partial charge in [-0.2, -0.15) is 0 Å². The number of hydrogen-bond donors (Lipinski definition) is 0. The largest absolute Gasteiger partial charge is 0.463 e. The first-order chi connectivity index (χ1) is 7.72. The number of benzene rings is 1. The minimum Gasteiger partial charge on any atom is -0.463 e. The van der Waals surface area contributed by atoms with Crippen LogP contribution in [0.4, 0.5) is 0 Å². The van der Waals surface area contributed by atoms with E-state index in [0.717, 1.165) is 11.1 Å². The second-order valence-electron chi connectivity index (χ2n) is 3.57. The van der Waals surface area contributed by atoms with Crippen LogP contribution >= 0.6 is 0 Å². The molecule has 0 unspecified atom stereocenters. The van der Waals surface area contributed by atoms with Gasteiger partial charge >= 0.3 is 5.97 Å². The maximum atomic E-state index is 11.6. The summed E-state index contributed by atoms with van der Waals surface area (Å²) in [5.41, 5.74) is 2.29. The maximum Gasteiger partial charge on any atom is 0.331 e. The van der Waals surface area contributed by atoms with Crippen molar-refractivity contribution in [3.8, 4) is 0 Å². The Balaban J connectivity index is 2.34. The van der Waals surface area contributed by atoms with E-state index in [9.17, 15) is 9.59 Å². The summed E-state index contributed by atoms with van der Waals surface area (Å²) in [5.74, 6) is -0.326. The van der Waals surface area contributed by atoms with Gasteiger partial charge in [-0.1, -0.05) is 24.3 Å². The molecule has 0 aromatic heterocycles. The number of fused-ring (bicyclic) bond motifs is 1. The van der Waals surface area contributed by atoms with E-state index in [1.54, 1.807) is 13.0 Å². The zero-order chi connectivity index (χ0) is 11.5. The number of Topliss-reactive ketones (excluding diaryl/α,β-unsaturated/α-hetero) is 1. The maximum absolute atomic E-state index is 11.6. The lowest BCUT2D eigenvalue weighted by Gasteiger charge is -1.99. The number of ketones is 1. The highest BCUT2D eigenvalue weighted by Gasteiger charge is 2.23. The number of carbonyl (C=O) groups is 2. The third kappa shape index (κ3) is 1.89. The van der Waals surface area contributed by atoms with Crippen molar-refractivity contribution < 1.29 is 14.3 Å². The molecule has 0 N–H and O–H groups in total. The molecule has 82 valence electrons. The Labute approximate surface area is 93.7 Å². The van der Waals surface area contributed by atoms with Crippen LogP contribution in [0.15, 0.2) is 30.3 Å². The summed E-state index contributed by atoms with van der Waals surface area (Å²) < 4.78 is 4.83. The molecule has 0 spiro atoms. The average molecular weight is 216 g/mol. The summed E-state index contributed by atoms with van der Waals surface area (Å²) in [5, 5.41) is 0. The van der Waals surface area contributed by atoms with Crippen LogP contribution in [0.25, 0.3) is 5.57 Å². The molecule has 0 aliphatic heterocycles. The quantitative estimate of drug-likeness (QED) is 0.562. The molecule has 1 aromatic carbocycles. The highest BCUT2D eigenvalue weighted by molar-refractivity contribution is 6.14. The molecule has 3 nitrogen and oxygen atoms in total. The second kappa shape index (κ2) is 4.31. The summed E-state index contributed by atoms with van der Waals surface area (Å²) in [7, 11) is 0. The minimum absolute atomic E-state index is 0.0612. The molecule has 0 fully saturated rings. The lowest BCUT2D eigenvalue weighted by Crippen LogP contribution is -2.00. The van der Waals surface area contributed by atoms with E-state index in [4.69, 9.17) is 4.74 Å². The fraction of sp³-hybridized carbons (Fsp3) is 0.231. The predicted octanol–water partition coefficient (Wildman–Crippen LogP) is 2.22. The van der Waals surface area contributed by atoms with Gasteiger partial charge in [0, 0.05) is 18.1 Å². The third-order valence-corrected chi connectivity index (χ3v) is 2.50. The Morgan fingerprint density at radius 3 is 2.75 bits per heavy atom. The first-order valence-electron chi connectivity index (χ1n) is 5.22. The fourth-order valence-electron chi connectivity index (χ4n) is 1.82. The number of carbonyl (C=O) groups excluding carboxylic acids is 2. The summed E-state index contributed by atoms with van der Waals surface area (Å²) in [4.78, 5) is 22.9. The molecule has 0 bridgehead atoms. The standard InChI is InChI=1S/C13H12O3/c1-2-16-13(15)8-9-7-12(14)11-6-4-3-5-10(9)11/h3-6,8H,2,7H2,1H3/b9-8-. The summed E-state index contributed by atoms with van der Waals surface area (Å²) in [6.45, 7) is 2.10. The van der Waals surface area contributed by atoms with Crippen LogP contribution in [0, 0.1) is 0 Å². The number of allylic oxidation sites excluding steroid dienone is 1. The van der Waals surface area contributed by atoms with E-state index in [0.29, 0.717) is 12.2 Å². The van der Waals surface area contributed by atoms with Crippen molar-refractivity contribution in [2.75, 3.05) is 6.61 Å². The minimum atomic E-state index is -0.387. The summed E-state index contributed by atoms with van der Waals surface area (Å²) in [6.07, 6.45) is 1.70. The van der Waals surface area contributed by atoms with E-state index in [-0.39, 0.29) is 18.2 Å². The molecular formula is C13H12O3. The van der Waals surface area contributed by atoms with Gasteiger partial charge in [0.05, 0.1) is 6.61 Å². The number of hydrogen-bond acceptors (Lipinski definition) is 3. The Hall–Kier alpha value is -1.90. The van der Waals surface area contributed by atoms with Gasteiger partial charge in [0.1, 0.15) is 0 Å². The molecule has 0 amide bonds. The normalized spacial score (nSPS) is 16.3. The molecule has 0 heterocycles. The van der Waals surface area contributed by atoms with Crippen LogP contribution in [-0.2, 0) is 9.53 Å². The molecule has 2 rings (SSSR count). The van der Waals surface area contributed by atoms with Crippen molar-refractivity contribution in [2.45, 2.75) is 13.3 Å². The van der Waals surface area contributed by atoms with Crippen LogP contribution in [-0.4, -0.2) is 18.4 Å².